The molecule has 2 aromatic heterocycles. The minimum Gasteiger partial charge on any atom is -0.497 e. The van der Waals surface area contributed by atoms with Crippen molar-refractivity contribution in [3.05, 3.63) is 71.4 Å². The smallest absolute Gasteiger partial charge is 0.257 e. The zero-order chi connectivity index (χ0) is 22.0. The summed E-state index contributed by atoms with van der Waals surface area (Å²) in [7, 11) is 3.01. The van der Waals surface area contributed by atoms with Crippen LogP contribution in [0.1, 0.15) is 21.5 Å². The fourth-order valence-electron chi connectivity index (χ4n) is 3.28. The first-order chi connectivity index (χ1) is 15.0. The van der Waals surface area contributed by atoms with Crippen LogP contribution in [0.25, 0.3) is 16.7 Å². The lowest BCUT2D eigenvalue weighted by Gasteiger charge is -2.12. The summed E-state index contributed by atoms with van der Waals surface area (Å²) < 4.78 is 11.9. The first-order valence-corrected chi connectivity index (χ1v) is 9.43. The molecular weight excluding hydrogens is 394 g/mol. The van der Waals surface area contributed by atoms with Crippen molar-refractivity contribution in [2.45, 2.75) is 6.92 Å². The molecule has 8 nitrogen and oxygen atoms in total. The van der Waals surface area contributed by atoms with Gasteiger partial charge in [0.2, 0.25) is 0 Å². The Morgan fingerprint density at radius 2 is 1.81 bits per heavy atom. The predicted molar refractivity (Wildman–Crippen MR) is 116 cm³/mol. The molecule has 0 fully saturated rings. The maximum Gasteiger partial charge on any atom is 0.257 e. The van der Waals surface area contributed by atoms with Crippen molar-refractivity contribution in [1.29, 1.82) is 5.26 Å². The van der Waals surface area contributed by atoms with Gasteiger partial charge in [0, 0.05) is 17.0 Å². The lowest BCUT2D eigenvalue weighted by Crippen LogP contribution is -2.17. The van der Waals surface area contributed by atoms with Crippen molar-refractivity contribution in [3.8, 4) is 23.4 Å². The predicted octanol–water partition coefficient (Wildman–Crippen LogP) is 3.87. The molecule has 154 valence electrons. The van der Waals surface area contributed by atoms with E-state index in [2.05, 4.69) is 21.5 Å². The largest absolute Gasteiger partial charge is 0.497 e. The highest BCUT2D eigenvalue weighted by Crippen LogP contribution is 2.26. The molecule has 2 heterocycles. The molecule has 8 heteroatoms. The van der Waals surface area contributed by atoms with Crippen LogP contribution in [0.3, 0.4) is 0 Å². The molecular formula is C23H19N5O3. The van der Waals surface area contributed by atoms with Crippen LogP contribution in [0.5, 0.6) is 11.5 Å². The molecule has 31 heavy (non-hydrogen) atoms. The average Bonchev–Trinajstić information content (AvgIpc) is 3.21. The van der Waals surface area contributed by atoms with E-state index in [9.17, 15) is 10.1 Å². The number of amides is 1. The van der Waals surface area contributed by atoms with Gasteiger partial charge in [-0.25, -0.2) is 4.98 Å². The summed E-state index contributed by atoms with van der Waals surface area (Å²) in [6, 6.07) is 16.5. The number of nitrogens with zero attached hydrogens (tertiary/aromatic N) is 4. The van der Waals surface area contributed by atoms with Gasteiger partial charge in [-0.3, -0.25) is 4.79 Å². The molecule has 0 atom stereocenters. The van der Waals surface area contributed by atoms with Gasteiger partial charge in [-0.1, -0.05) is 18.2 Å². The second kappa shape index (κ2) is 8.16. The number of hydrogen-bond donors (Lipinski definition) is 1. The van der Waals surface area contributed by atoms with Gasteiger partial charge in [0.05, 0.1) is 25.9 Å². The number of fused-ring (bicyclic) bond motifs is 1. The Bertz CT molecular complexity index is 1310. The van der Waals surface area contributed by atoms with E-state index >= 15 is 0 Å². The fourth-order valence-corrected chi connectivity index (χ4v) is 3.28. The summed E-state index contributed by atoms with van der Waals surface area (Å²) in [6.07, 6.45) is 1.40. The number of nitriles is 1. The number of aromatic nitrogens is 3. The maximum absolute atomic E-state index is 13.0. The van der Waals surface area contributed by atoms with Gasteiger partial charge in [-0.15, -0.1) is 0 Å². The number of ether oxygens (including phenoxy) is 2. The van der Waals surface area contributed by atoms with Gasteiger partial charge in [-0.2, -0.15) is 15.0 Å². The van der Waals surface area contributed by atoms with Crippen LogP contribution in [0.2, 0.25) is 0 Å². The number of anilines is 1. The first kappa shape index (κ1) is 19.9. The maximum atomic E-state index is 13.0. The lowest BCUT2D eigenvalue weighted by molar-refractivity contribution is 0.102. The Kier molecular flexibility index (Phi) is 5.24. The van der Waals surface area contributed by atoms with E-state index in [1.54, 1.807) is 18.2 Å². The van der Waals surface area contributed by atoms with E-state index in [0.717, 1.165) is 16.5 Å². The standard InChI is InChI=1S/C23H19N5O3/c1-14-8-21(26-20-7-5-4-6-19(14)20)28-22(16(12-24)13-25-28)27-23(29)15-9-17(30-2)11-18(10-15)31-3/h4-11,13H,1-3H3,(H,27,29). The molecule has 1 N–H and O–H groups in total. The Morgan fingerprint density at radius 1 is 1.10 bits per heavy atom. The number of methoxy groups -OCH3 is 2. The minimum atomic E-state index is -0.437. The number of carbonyl (C=O) groups excluding carboxylic acids is 1. The summed E-state index contributed by atoms with van der Waals surface area (Å²) in [5, 5.41) is 17.6. The van der Waals surface area contributed by atoms with E-state index in [0.29, 0.717) is 22.9 Å². The number of aryl methyl sites for hydroxylation is 1. The van der Waals surface area contributed by atoms with Crippen LogP contribution in [0, 0.1) is 18.3 Å². The van der Waals surface area contributed by atoms with E-state index in [1.807, 2.05) is 37.3 Å². The van der Waals surface area contributed by atoms with Crippen molar-refractivity contribution in [2.75, 3.05) is 19.5 Å². The topological polar surface area (TPSA) is 102 Å². The number of nitrogens with one attached hydrogen (secondary N) is 1. The van der Waals surface area contributed by atoms with Crippen molar-refractivity contribution in [3.63, 3.8) is 0 Å². The normalized spacial score (nSPS) is 10.5. The molecule has 0 unspecified atom stereocenters. The summed E-state index contributed by atoms with van der Waals surface area (Å²) in [5.74, 6) is 1.25. The average molecular weight is 413 g/mol. The van der Waals surface area contributed by atoms with Crippen LogP contribution >= 0.6 is 0 Å². The third-order valence-electron chi connectivity index (χ3n) is 4.86. The molecule has 2 aromatic carbocycles. The molecule has 0 aliphatic rings. The molecule has 0 radical (unpaired) electrons. The molecule has 0 aliphatic heterocycles. The molecule has 0 aliphatic carbocycles. The summed E-state index contributed by atoms with van der Waals surface area (Å²) in [5.41, 5.74) is 2.33. The molecule has 4 rings (SSSR count). The van der Waals surface area contributed by atoms with Gasteiger partial charge in [0.1, 0.15) is 23.1 Å². The number of hydrogen-bond acceptors (Lipinski definition) is 6. The molecule has 1 amide bonds. The van der Waals surface area contributed by atoms with Crippen molar-refractivity contribution >= 4 is 22.6 Å². The molecule has 0 bridgehead atoms. The van der Waals surface area contributed by atoms with Gasteiger partial charge in [0.15, 0.2) is 11.6 Å². The minimum absolute atomic E-state index is 0.218. The molecule has 0 saturated heterocycles. The van der Waals surface area contributed by atoms with E-state index in [4.69, 9.17) is 9.47 Å². The molecule has 0 saturated carbocycles. The second-order valence-electron chi connectivity index (χ2n) is 6.80. The highest BCUT2D eigenvalue weighted by molar-refractivity contribution is 6.05. The highest BCUT2D eigenvalue weighted by atomic mass is 16.5. The zero-order valence-electron chi connectivity index (χ0n) is 17.2. The van der Waals surface area contributed by atoms with E-state index in [1.165, 1.54) is 25.1 Å². The fraction of sp³-hybridized carbons (Fsp3) is 0.130. The Hall–Kier alpha value is -4.38. The third-order valence-corrected chi connectivity index (χ3v) is 4.86. The summed E-state index contributed by atoms with van der Waals surface area (Å²) in [6.45, 7) is 1.98. The Morgan fingerprint density at radius 3 is 2.48 bits per heavy atom. The van der Waals surface area contributed by atoms with E-state index in [-0.39, 0.29) is 11.4 Å². The van der Waals surface area contributed by atoms with Crippen LogP contribution in [-0.4, -0.2) is 34.9 Å². The van der Waals surface area contributed by atoms with Crippen molar-refractivity contribution < 1.29 is 14.3 Å². The van der Waals surface area contributed by atoms with Crippen LogP contribution in [0.15, 0.2) is 54.7 Å². The number of pyridine rings is 1. The SMILES string of the molecule is COc1cc(OC)cc(C(=O)Nc2c(C#N)cnn2-c2cc(C)c3ccccc3n2)c1. The Balaban J connectivity index is 1.77. The van der Waals surface area contributed by atoms with Gasteiger partial charge < -0.3 is 14.8 Å². The second-order valence-corrected chi connectivity index (χ2v) is 6.80. The Labute approximate surface area is 178 Å². The number of rotatable bonds is 5. The van der Waals surface area contributed by atoms with E-state index < -0.39 is 5.91 Å². The number of para-hydroxylation sites is 1. The lowest BCUT2D eigenvalue weighted by atomic mass is 10.1. The van der Waals surface area contributed by atoms with Crippen LogP contribution in [-0.2, 0) is 0 Å². The first-order valence-electron chi connectivity index (χ1n) is 9.43. The molecule has 4 aromatic rings. The van der Waals surface area contributed by atoms with Crippen molar-refractivity contribution in [2.24, 2.45) is 0 Å². The van der Waals surface area contributed by atoms with Gasteiger partial charge in [0.25, 0.3) is 5.91 Å². The van der Waals surface area contributed by atoms with Gasteiger partial charge in [-0.05, 0) is 36.8 Å². The van der Waals surface area contributed by atoms with Crippen molar-refractivity contribution in [1.82, 2.24) is 14.8 Å². The number of benzene rings is 2. The zero-order valence-corrected chi connectivity index (χ0v) is 17.2. The van der Waals surface area contributed by atoms with Crippen LogP contribution in [0.4, 0.5) is 5.82 Å². The molecule has 0 spiro atoms. The third kappa shape index (κ3) is 3.76. The van der Waals surface area contributed by atoms with Gasteiger partial charge >= 0.3 is 0 Å². The summed E-state index contributed by atoms with van der Waals surface area (Å²) >= 11 is 0. The number of carbonyl (C=O) groups is 1. The highest BCUT2D eigenvalue weighted by Gasteiger charge is 2.19. The quantitative estimate of drug-likeness (QED) is 0.533. The van der Waals surface area contributed by atoms with Crippen LogP contribution < -0.4 is 14.8 Å². The monoisotopic (exact) mass is 413 g/mol. The summed E-state index contributed by atoms with van der Waals surface area (Å²) in [4.78, 5) is 17.6.